The molecule has 0 bridgehead atoms. The molecule has 0 unspecified atom stereocenters. The molecule has 0 aromatic heterocycles. The van der Waals surface area contributed by atoms with E-state index in [0.29, 0.717) is 13.4 Å². The van der Waals surface area contributed by atoms with Gasteiger partial charge in [0, 0.05) is 6.23 Å². The van der Waals surface area contributed by atoms with E-state index in [4.69, 9.17) is 14.2 Å². The zero-order valence-corrected chi connectivity index (χ0v) is 12.2. The Labute approximate surface area is 105 Å². The fourth-order valence-electron chi connectivity index (χ4n) is 1.29. The molecule has 0 amide bonds. The molecule has 0 radical (unpaired) electrons. The van der Waals surface area contributed by atoms with E-state index >= 15 is 0 Å². The monoisotopic (exact) mass is 254 g/mol. The summed E-state index contributed by atoms with van der Waals surface area (Å²) < 4.78 is 16.0. The lowest BCUT2D eigenvalue weighted by molar-refractivity contribution is -0.0481. The summed E-state index contributed by atoms with van der Waals surface area (Å²) >= 11 is 0. The summed E-state index contributed by atoms with van der Waals surface area (Å²) in [6.45, 7) is 7.77. The highest BCUT2D eigenvalue weighted by molar-refractivity contribution is 6.76. The van der Waals surface area contributed by atoms with Gasteiger partial charge in [0.15, 0.2) is 0 Å². The van der Waals surface area contributed by atoms with Gasteiger partial charge < -0.3 is 14.2 Å². The van der Waals surface area contributed by atoms with E-state index in [-0.39, 0.29) is 0 Å². The molecule has 1 aromatic carbocycles. The molecule has 0 spiro atoms. The van der Waals surface area contributed by atoms with Gasteiger partial charge in [-0.1, -0.05) is 31.8 Å². The third-order valence-corrected chi connectivity index (χ3v) is 3.20. The van der Waals surface area contributed by atoms with Crippen LogP contribution >= 0.6 is 0 Å². The van der Waals surface area contributed by atoms with E-state index in [9.17, 15) is 0 Å². The highest BCUT2D eigenvalue weighted by Crippen LogP contribution is 2.11. The molecule has 0 fully saturated rings. The molecule has 3 nitrogen and oxygen atoms in total. The van der Waals surface area contributed by atoms with E-state index in [0.717, 1.165) is 17.5 Å². The Balaban J connectivity index is 2.18. The average Bonchev–Trinajstić information content (AvgIpc) is 2.28. The first-order valence-corrected chi connectivity index (χ1v) is 9.50. The second kappa shape index (κ2) is 6.79. The van der Waals surface area contributed by atoms with Gasteiger partial charge in [-0.2, -0.15) is 0 Å². The molecule has 4 heteroatoms. The van der Waals surface area contributed by atoms with Crippen molar-refractivity contribution < 1.29 is 14.2 Å². The predicted molar refractivity (Wildman–Crippen MR) is 71.9 cm³/mol. The standard InChI is InChI=1S/C13H22O3Si/c1-14-13-7-5-12(6-8-13)9-15-10-16-11-17(2,3)4/h5-8H,9-11H2,1-4H3. The van der Waals surface area contributed by atoms with Gasteiger partial charge in [0.2, 0.25) is 0 Å². The highest BCUT2D eigenvalue weighted by Gasteiger charge is 2.12. The molecule has 96 valence electrons. The van der Waals surface area contributed by atoms with Gasteiger partial charge in [0.05, 0.1) is 21.8 Å². The quantitative estimate of drug-likeness (QED) is 0.425. The number of ether oxygens (including phenoxy) is 3. The minimum absolute atomic E-state index is 0.371. The van der Waals surface area contributed by atoms with Crippen LogP contribution < -0.4 is 4.74 Å². The number of benzene rings is 1. The summed E-state index contributed by atoms with van der Waals surface area (Å²) in [4.78, 5) is 0. The van der Waals surface area contributed by atoms with Gasteiger partial charge in [0.1, 0.15) is 12.5 Å². The second-order valence-corrected chi connectivity index (χ2v) is 10.6. The molecule has 0 atom stereocenters. The Morgan fingerprint density at radius 1 is 1.00 bits per heavy atom. The van der Waals surface area contributed by atoms with Crippen molar-refractivity contribution in [2.45, 2.75) is 26.2 Å². The van der Waals surface area contributed by atoms with Gasteiger partial charge in [-0.15, -0.1) is 0 Å². The molecule has 0 aliphatic rings. The molecule has 0 N–H and O–H groups in total. The third kappa shape index (κ3) is 6.46. The first kappa shape index (κ1) is 14.2. The number of hydrogen-bond acceptors (Lipinski definition) is 3. The van der Waals surface area contributed by atoms with Gasteiger partial charge in [-0.3, -0.25) is 0 Å². The van der Waals surface area contributed by atoms with Crippen molar-refractivity contribution in [2.24, 2.45) is 0 Å². The van der Waals surface area contributed by atoms with Crippen LogP contribution in [0.3, 0.4) is 0 Å². The summed E-state index contributed by atoms with van der Waals surface area (Å²) in [7, 11) is 0.545. The molecular weight excluding hydrogens is 232 g/mol. The zero-order chi connectivity index (χ0) is 12.7. The first-order chi connectivity index (χ1) is 8.01. The van der Waals surface area contributed by atoms with Crippen molar-refractivity contribution >= 4 is 8.07 Å². The Morgan fingerprint density at radius 3 is 2.18 bits per heavy atom. The van der Waals surface area contributed by atoms with Crippen molar-refractivity contribution in [3.63, 3.8) is 0 Å². The van der Waals surface area contributed by atoms with Crippen LogP contribution in [0, 0.1) is 0 Å². The lowest BCUT2D eigenvalue weighted by atomic mass is 10.2. The van der Waals surface area contributed by atoms with Crippen molar-refractivity contribution in [2.75, 3.05) is 20.1 Å². The van der Waals surface area contributed by atoms with Crippen LogP contribution in [0.4, 0.5) is 0 Å². The van der Waals surface area contributed by atoms with E-state index in [1.165, 1.54) is 0 Å². The highest BCUT2D eigenvalue weighted by atomic mass is 28.3. The van der Waals surface area contributed by atoms with Gasteiger partial charge in [-0.25, -0.2) is 0 Å². The van der Waals surface area contributed by atoms with Crippen LogP contribution in [-0.4, -0.2) is 28.2 Å². The van der Waals surface area contributed by atoms with Crippen molar-refractivity contribution in [1.29, 1.82) is 0 Å². The molecule has 1 rings (SSSR count). The van der Waals surface area contributed by atoms with Crippen molar-refractivity contribution in [3.05, 3.63) is 29.8 Å². The van der Waals surface area contributed by atoms with Crippen LogP contribution in [0.1, 0.15) is 5.56 Å². The van der Waals surface area contributed by atoms with Crippen LogP contribution in [0.5, 0.6) is 5.75 Å². The number of rotatable bonds is 7. The summed E-state index contributed by atoms with van der Waals surface area (Å²) in [6.07, 6.45) is 0.843. The molecular formula is C13H22O3Si. The molecule has 0 aliphatic heterocycles. The van der Waals surface area contributed by atoms with Crippen LogP contribution in [0.25, 0.3) is 0 Å². The average molecular weight is 254 g/mol. The van der Waals surface area contributed by atoms with E-state index in [1.807, 2.05) is 24.3 Å². The maximum atomic E-state index is 5.48. The van der Waals surface area contributed by atoms with Crippen LogP contribution in [0.15, 0.2) is 24.3 Å². The minimum Gasteiger partial charge on any atom is -0.497 e. The first-order valence-electron chi connectivity index (χ1n) is 5.80. The molecule has 0 aliphatic carbocycles. The van der Waals surface area contributed by atoms with Crippen LogP contribution in [0.2, 0.25) is 19.6 Å². The lowest BCUT2D eigenvalue weighted by Crippen LogP contribution is -2.28. The van der Waals surface area contributed by atoms with E-state index < -0.39 is 8.07 Å². The topological polar surface area (TPSA) is 27.7 Å². The minimum atomic E-state index is -1.12. The molecule has 17 heavy (non-hydrogen) atoms. The zero-order valence-electron chi connectivity index (χ0n) is 11.2. The molecule has 1 aromatic rings. The third-order valence-electron chi connectivity index (χ3n) is 2.13. The van der Waals surface area contributed by atoms with Crippen LogP contribution in [-0.2, 0) is 16.1 Å². The summed E-state index contributed by atoms with van der Waals surface area (Å²) in [5.41, 5.74) is 1.13. The van der Waals surface area contributed by atoms with Gasteiger partial charge in [-0.05, 0) is 17.7 Å². The Hall–Kier alpha value is -0.843. The fourth-order valence-corrected chi connectivity index (χ4v) is 1.98. The predicted octanol–water partition coefficient (Wildman–Crippen LogP) is 3.06. The van der Waals surface area contributed by atoms with Crippen molar-refractivity contribution in [3.8, 4) is 5.75 Å². The maximum absolute atomic E-state index is 5.48. The maximum Gasteiger partial charge on any atom is 0.146 e. The van der Waals surface area contributed by atoms with Crippen molar-refractivity contribution in [1.82, 2.24) is 0 Å². The SMILES string of the molecule is COc1ccc(COCOC[Si](C)(C)C)cc1. The Kier molecular flexibility index (Phi) is 5.68. The molecule has 0 saturated heterocycles. The van der Waals surface area contributed by atoms with Gasteiger partial charge >= 0.3 is 0 Å². The van der Waals surface area contributed by atoms with E-state index in [2.05, 4.69) is 19.6 Å². The summed E-state index contributed by atoms with van der Waals surface area (Å²) in [5, 5.41) is 0. The summed E-state index contributed by atoms with van der Waals surface area (Å²) in [6, 6.07) is 7.86. The Morgan fingerprint density at radius 2 is 1.65 bits per heavy atom. The Bertz CT molecular complexity index is 316. The number of hydrogen-bond donors (Lipinski definition) is 0. The van der Waals surface area contributed by atoms with E-state index in [1.54, 1.807) is 7.11 Å². The van der Waals surface area contributed by atoms with Gasteiger partial charge in [0.25, 0.3) is 0 Å². The largest absolute Gasteiger partial charge is 0.497 e. The molecule has 0 heterocycles. The second-order valence-electron chi connectivity index (χ2n) is 5.22. The smallest absolute Gasteiger partial charge is 0.146 e. The summed E-state index contributed by atoms with van der Waals surface area (Å²) in [5.74, 6) is 0.865. The lowest BCUT2D eigenvalue weighted by Gasteiger charge is -2.15. The number of methoxy groups -OCH3 is 1. The fraction of sp³-hybridized carbons (Fsp3) is 0.538. The molecule has 0 saturated carbocycles. The normalized spacial score (nSPS) is 11.5.